The molecular formula is C18H25N5O3S. The van der Waals surface area contributed by atoms with Gasteiger partial charge in [0.25, 0.3) is 0 Å². The Balaban J connectivity index is 1.49. The Hall–Kier alpha value is -2.00. The summed E-state index contributed by atoms with van der Waals surface area (Å²) >= 11 is 0. The van der Waals surface area contributed by atoms with Gasteiger partial charge in [-0.2, -0.15) is 5.10 Å². The highest BCUT2D eigenvalue weighted by molar-refractivity contribution is 7.91. The van der Waals surface area contributed by atoms with E-state index in [2.05, 4.69) is 25.1 Å². The smallest absolute Gasteiger partial charge is 0.232 e. The fourth-order valence-corrected chi connectivity index (χ4v) is 6.40. The van der Waals surface area contributed by atoms with E-state index in [9.17, 15) is 8.42 Å². The van der Waals surface area contributed by atoms with E-state index in [0.717, 1.165) is 32.4 Å². The van der Waals surface area contributed by atoms with Crippen LogP contribution in [0.3, 0.4) is 0 Å². The zero-order valence-corrected chi connectivity index (χ0v) is 16.4. The minimum Gasteiger partial charge on any atom is -0.473 e. The van der Waals surface area contributed by atoms with Crippen molar-refractivity contribution < 1.29 is 13.2 Å². The van der Waals surface area contributed by atoms with Gasteiger partial charge in [0.05, 0.1) is 17.6 Å². The van der Waals surface area contributed by atoms with Crippen LogP contribution >= 0.6 is 0 Å². The summed E-state index contributed by atoms with van der Waals surface area (Å²) in [5, 5.41) is 6.81. The summed E-state index contributed by atoms with van der Waals surface area (Å²) in [7, 11) is -3.42. The van der Waals surface area contributed by atoms with E-state index in [1.165, 1.54) is 0 Å². The molecular weight excluding hydrogens is 366 g/mol. The van der Waals surface area contributed by atoms with Gasteiger partial charge in [0, 0.05) is 37.3 Å². The third-order valence-electron chi connectivity index (χ3n) is 5.58. The van der Waals surface area contributed by atoms with E-state index in [0.29, 0.717) is 34.0 Å². The molecule has 2 fully saturated rings. The van der Waals surface area contributed by atoms with Crippen LogP contribution in [0.5, 0.6) is 5.88 Å². The van der Waals surface area contributed by atoms with E-state index in [4.69, 9.17) is 4.74 Å². The Morgan fingerprint density at radius 1 is 1.22 bits per heavy atom. The van der Waals surface area contributed by atoms with E-state index in [1.807, 2.05) is 0 Å². The number of hydrogen-bond donors (Lipinski definition) is 1. The molecule has 1 saturated carbocycles. The van der Waals surface area contributed by atoms with E-state index >= 15 is 0 Å². The highest BCUT2D eigenvalue weighted by Gasteiger charge is 2.42. The molecule has 1 saturated heterocycles. The molecule has 2 bridgehead atoms. The van der Waals surface area contributed by atoms with Crippen LogP contribution in [-0.2, 0) is 9.84 Å². The zero-order valence-electron chi connectivity index (χ0n) is 15.6. The molecule has 2 aromatic heterocycles. The number of sulfone groups is 1. The minimum atomic E-state index is -3.42. The van der Waals surface area contributed by atoms with Crippen molar-refractivity contribution in [2.75, 3.05) is 19.0 Å². The lowest BCUT2D eigenvalue weighted by atomic mass is 9.75. The molecule has 1 aliphatic heterocycles. The molecule has 0 radical (unpaired) electrons. The molecule has 2 aromatic rings. The number of rotatable bonds is 5. The third-order valence-corrected chi connectivity index (χ3v) is 7.51. The lowest BCUT2D eigenvalue weighted by molar-refractivity contribution is -0.0308. The SMILES string of the molecule is Cc1n[nH]c(C)c1S(=O)(=O)CN1C[C@H]2CCC[C@@H](C1)C2Oc1cnccn1. The standard InChI is InChI=1S/C18H25N5O3S/c1-12-18(13(2)22-21-12)27(24,25)11-23-9-14-4-3-5-15(10-23)17(14)26-16-8-19-6-7-20-16/h6-8,14-15,17H,3-5,9-11H2,1-2H3,(H,21,22)/t14-,15+,17?. The number of piperidine rings is 1. The first-order valence-corrected chi connectivity index (χ1v) is 11.0. The molecule has 146 valence electrons. The van der Waals surface area contributed by atoms with Crippen LogP contribution in [0.25, 0.3) is 0 Å². The number of aromatic nitrogens is 4. The van der Waals surface area contributed by atoms with Crippen LogP contribution in [0, 0.1) is 25.7 Å². The maximum absolute atomic E-state index is 12.9. The quantitative estimate of drug-likeness (QED) is 0.828. The van der Waals surface area contributed by atoms with Gasteiger partial charge in [-0.25, -0.2) is 13.4 Å². The normalized spacial score (nSPS) is 26.1. The molecule has 1 unspecified atom stereocenters. The van der Waals surface area contributed by atoms with E-state index in [-0.39, 0.29) is 12.0 Å². The molecule has 8 nitrogen and oxygen atoms in total. The first-order chi connectivity index (χ1) is 12.9. The minimum absolute atomic E-state index is 0.0269. The number of nitrogens with zero attached hydrogens (tertiary/aromatic N) is 4. The van der Waals surface area contributed by atoms with Crippen LogP contribution in [0.15, 0.2) is 23.5 Å². The predicted octanol–water partition coefficient (Wildman–Crippen LogP) is 1.73. The van der Waals surface area contributed by atoms with Crippen LogP contribution in [0.4, 0.5) is 0 Å². The van der Waals surface area contributed by atoms with Gasteiger partial charge >= 0.3 is 0 Å². The second-order valence-corrected chi connectivity index (χ2v) is 9.52. The van der Waals surface area contributed by atoms with Gasteiger partial charge in [0.15, 0.2) is 9.84 Å². The summed E-state index contributed by atoms with van der Waals surface area (Å²) in [6.07, 6.45) is 8.21. The van der Waals surface area contributed by atoms with E-state index in [1.54, 1.807) is 32.4 Å². The first-order valence-electron chi connectivity index (χ1n) is 9.33. The highest BCUT2D eigenvalue weighted by Crippen LogP contribution is 2.37. The lowest BCUT2D eigenvalue weighted by Crippen LogP contribution is -2.54. The summed E-state index contributed by atoms with van der Waals surface area (Å²) in [5.74, 6) is 1.19. The number of aromatic amines is 1. The topological polar surface area (TPSA) is 101 Å². The van der Waals surface area contributed by atoms with Crippen LogP contribution in [0.1, 0.15) is 30.7 Å². The summed E-state index contributed by atoms with van der Waals surface area (Å²) in [6.45, 7) is 4.92. The summed E-state index contributed by atoms with van der Waals surface area (Å²) in [4.78, 5) is 10.7. The van der Waals surface area contributed by atoms with Crippen molar-refractivity contribution in [1.29, 1.82) is 0 Å². The molecule has 1 N–H and O–H groups in total. The van der Waals surface area contributed by atoms with Crippen LogP contribution in [0.2, 0.25) is 0 Å². The Labute approximate surface area is 159 Å². The number of likely N-dealkylation sites (tertiary alicyclic amines) is 1. The van der Waals surface area contributed by atoms with E-state index < -0.39 is 9.84 Å². The second kappa shape index (κ2) is 7.20. The van der Waals surface area contributed by atoms with Gasteiger partial charge in [-0.05, 0) is 26.7 Å². The fraction of sp³-hybridized carbons (Fsp3) is 0.611. The Morgan fingerprint density at radius 2 is 1.96 bits per heavy atom. The van der Waals surface area contributed by atoms with Gasteiger partial charge in [-0.3, -0.25) is 15.0 Å². The molecule has 2 aliphatic rings. The van der Waals surface area contributed by atoms with Crippen molar-refractivity contribution in [3.8, 4) is 5.88 Å². The molecule has 0 aromatic carbocycles. The number of nitrogens with one attached hydrogen (secondary N) is 1. The van der Waals surface area contributed by atoms with Gasteiger partial charge in [-0.15, -0.1) is 0 Å². The Kier molecular flexibility index (Phi) is 4.90. The maximum atomic E-state index is 12.9. The molecule has 4 rings (SSSR count). The average Bonchev–Trinajstić information content (AvgIpc) is 2.95. The largest absolute Gasteiger partial charge is 0.473 e. The number of aryl methyl sites for hydroxylation is 2. The maximum Gasteiger partial charge on any atom is 0.232 e. The monoisotopic (exact) mass is 391 g/mol. The predicted molar refractivity (Wildman–Crippen MR) is 99.0 cm³/mol. The first kappa shape index (κ1) is 18.4. The molecule has 0 spiro atoms. The molecule has 0 amide bonds. The fourth-order valence-electron chi connectivity index (χ4n) is 4.57. The van der Waals surface area contributed by atoms with Gasteiger partial charge in [0.1, 0.15) is 16.9 Å². The third kappa shape index (κ3) is 3.70. The summed E-state index contributed by atoms with van der Waals surface area (Å²) in [5.41, 5.74) is 1.14. The van der Waals surface area contributed by atoms with Gasteiger partial charge in [0.2, 0.25) is 5.88 Å². The van der Waals surface area contributed by atoms with Gasteiger partial charge in [-0.1, -0.05) is 6.42 Å². The Morgan fingerprint density at radius 3 is 2.56 bits per heavy atom. The van der Waals surface area contributed by atoms with Crippen molar-refractivity contribution in [3.05, 3.63) is 30.0 Å². The average molecular weight is 391 g/mol. The van der Waals surface area contributed by atoms with Crippen LogP contribution in [-0.4, -0.2) is 58.6 Å². The highest BCUT2D eigenvalue weighted by atomic mass is 32.2. The number of hydrogen-bond acceptors (Lipinski definition) is 7. The van der Waals surface area contributed by atoms with Crippen LogP contribution < -0.4 is 4.74 Å². The second-order valence-electron chi connectivity index (χ2n) is 7.62. The van der Waals surface area contributed by atoms with Gasteiger partial charge < -0.3 is 4.74 Å². The number of fused-ring (bicyclic) bond motifs is 2. The lowest BCUT2D eigenvalue weighted by Gasteiger charge is -2.46. The molecule has 9 heteroatoms. The van der Waals surface area contributed by atoms with Crippen molar-refractivity contribution in [3.63, 3.8) is 0 Å². The Bertz CT molecular complexity index is 865. The van der Waals surface area contributed by atoms with Crippen molar-refractivity contribution in [2.45, 2.75) is 44.1 Å². The van der Waals surface area contributed by atoms with Crippen molar-refractivity contribution in [2.24, 2.45) is 11.8 Å². The van der Waals surface area contributed by atoms with Crippen molar-refractivity contribution >= 4 is 9.84 Å². The number of H-pyrrole nitrogens is 1. The molecule has 3 heterocycles. The molecule has 3 atom stereocenters. The molecule has 27 heavy (non-hydrogen) atoms. The molecule has 1 aliphatic carbocycles. The van der Waals surface area contributed by atoms with Crippen molar-refractivity contribution in [1.82, 2.24) is 25.1 Å². The summed E-state index contributed by atoms with van der Waals surface area (Å²) in [6, 6.07) is 0. The number of ether oxygens (including phenoxy) is 1. The zero-order chi connectivity index (χ0) is 19.0. The summed E-state index contributed by atoms with van der Waals surface area (Å²) < 4.78 is 32.0.